The molecule has 0 fully saturated rings. The monoisotopic (exact) mass is 337 g/mol. The number of aryl methyl sites for hydroxylation is 1. The lowest BCUT2D eigenvalue weighted by Crippen LogP contribution is -2.37. The maximum Gasteiger partial charge on any atom is 0.248 e. The fraction of sp³-hybridized carbons (Fsp3) is 0.467. The van der Waals surface area contributed by atoms with Gasteiger partial charge in [0.25, 0.3) is 0 Å². The third kappa shape index (κ3) is 4.15. The average Bonchev–Trinajstić information content (AvgIpc) is 2.75. The van der Waals surface area contributed by atoms with Gasteiger partial charge >= 0.3 is 0 Å². The Labute approximate surface area is 128 Å². The van der Waals surface area contributed by atoms with E-state index in [2.05, 4.69) is 52.2 Å². The molecular weight excluding hydrogens is 318 g/mol. The van der Waals surface area contributed by atoms with Crippen LogP contribution in [0.3, 0.4) is 0 Å². The van der Waals surface area contributed by atoms with Gasteiger partial charge < -0.3 is 9.73 Å². The minimum atomic E-state index is 0.100. The van der Waals surface area contributed by atoms with Crippen LogP contribution in [-0.2, 0) is 6.42 Å². The Morgan fingerprint density at radius 3 is 2.65 bits per heavy atom. The minimum absolute atomic E-state index is 0.100. The second-order valence-electron chi connectivity index (χ2n) is 5.91. The van der Waals surface area contributed by atoms with Crippen molar-refractivity contribution >= 4 is 15.9 Å². The van der Waals surface area contributed by atoms with Crippen LogP contribution >= 0.6 is 15.9 Å². The van der Waals surface area contributed by atoms with E-state index in [1.807, 2.05) is 25.1 Å². The van der Waals surface area contributed by atoms with Crippen LogP contribution in [0.2, 0.25) is 0 Å². The summed E-state index contributed by atoms with van der Waals surface area (Å²) < 4.78 is 6.69. The van der Waals surface area contributed by atoms with Gasteiger partial charge in [-0.15, -0.1) is 10.2 Å². The molecule has 0 unspecified atom stereocenters. The number of halogens is 1. The first-order valence-corrected chi connectivity index (χ1v) is 7.48. The number of nitrogens with zero attached hydrogens (tertiary/aromatic N) is 2. The molecule has 0 aliphatic heterocycles. The highest BCUT2D eigenvalue weighted by atomic mass is 79.9. The van der Waals surface area contributed by atoms with Gasteiger partial charge in [0.15, 0.2) is 0 Å². The zero-order valence-electron chi connectivity index (χ0n) is 12.3. The van der Waals surface area contributed by atoms with E-state index in [1.165, 1.54) is 5.56 Å². The van der Waals surface area contributed by atoms with Crippen molar-refractivity contribution in [3.8, 4) is 11.5 Å². The smallest absolute Gasteiger partial charge is 0.248 e. The average molecular weight is 338 g/mol. The lowest BCUT2D eigenvalue weighted by atomic mass is 10.1. The van der Waals surface area contributed by atoms with Crippen molar-refractivity contribution < 1.29 is 4.42 Å². The first kappa shape index (κ1) is 15.2. The Hall–Kier alpha value is -1.20. The van der Waals surface area contributed by atoms with Gasteiger partial charge in [0, 0.05) is 23.0 Å². The largest absolute Gasteiger partial charge is 0.421 e. The fourth-order valence-corrected chi connectivity index (χ4v) is 2.46. The molecule has 0 amide bonds. The normalized spacial score (nSPS) is 11.8. The summed E-state index contributed by atoms with van der Waals surface area (Å²) in [6.45, 7) is 9.27. The van der Waals surface area contributed by atoms with Gasteiger partial charge in [-0.2, -0.15) is 0 Å². The maximum atomic E-state index is 5.71. The Bertz CT molecular complexity index is 587. The van der Waals surface area contributed by atoms with Crippen molar-refractivity contribution in [3.05, 3.63) is 34.1 Å². The molecule has 1 heterocycles. The molecule has 0 bridgehead atoms. The third-order valence-electron chi connectivity index (χ3n) is 2.82. The van der Waals surface area contributed by atoms with Crippen molar-refractivity contribution in [2.45, 2.75) is 39.7 Å². The molecule has 0 saturated carbocycles. The SMILES string of the molecule is Cc1ccc(-c2nnc(CCNC(C)(C)C)o2)c(Br)c1. The molecule has 1 aromatic heterocycles. The summed E-state index contributed by atoms with van der Waals surface area (Å²) in [7, 11) is 0. The van der Waals surface area contributed by atoms with Gasteiger partial charge in [0.05, 0.1) is 5.56 Å². The van der Waals surface area contributed by atoms with E-state index < -0.39 is 0 Å². The Morgan fingerprint density at radius 2 is 2.00 bits per heavy atom. The topological polar surface area (TPSA) is 51.0 Å². The molecule has 0 atom stereocenters. The second kappa shape index (κ2) is 6.06. The lowest BCUT2D eigenvalue weighted by Gasteiger charge is -2.19. The first-order valence-electron chi connectivity index (χ1n) is 6.69. The van der Waals surface area contributed by atoms with Crippen molar-refractivity contribution in [3.63, 3.8) is 0 Å². The minimum Gasteiger partial charge on any atom is -0.421 e. The molecule has 108 valence electrons. The summed E-state index contributed by atoms with van der Waals surface area (Å²) in [6, 6.07) is 6.07. The highest BCUT2D eigenvalue weighted by Crippen LogP contribution is 2.28. The third-order valence-corrected chi connectivity index (χ3v) is 3.47. The molecule has 0 aliphatic carbocycles. The number of hydrogen-bond acceptors (Lipinski definition) is 4. The van der Waals surface area contributed by atoms with E-state index in [4.69, 9.17) is 4.42 Å². The summed E-state index contributed by atoms with van der Waals surface area (Å²) in [5, 5.41) is 11.6. The quantitative estimate of drug-likeness (QED) is 0.923. The molecule has 2 rings (SSSR count). The number of hydrogen-bond donors (Lipinski definition) is 1. The Kier molecular flexibility index (Phi) is 4.60. The molecule has 0 aliphatic rings. The summed E-state index contributed by atoms with van der Waals surface area (Å²) >= 11 is 3.53. The highest BCUT2D eigenvalue weighted by molar-refractivity contribution is 9.10. The van der Waals surface area contributed by atoms with Gasteiger partial charge in [-0.3, -0.25) is 0 Å². The maximum absolute atomic E-state index is 5.71. The van der Waals surface area contributed by atoms with Gasteiger partial charge in [-0.1, -0.05) is 6.07 Å². The van der Waals surface area contributed by atoms with E-state index in [0.29, 0.717) is 11.8 Å². The van der Waals surface area contributed by atoms with Crippen LogP contribution in [0.5, 0.6) is 0 Å². The molecule has 0 spiro atoms. The second-order valence-corrected chi connectivity index (χ2v) is 6.77. The van der Waals surface area contributed by atoms with Gasteiger partial charge in [-0.05, 0) is 61.3 Å². The zero-order chi connectivity index (χ0) is 14.8. The first-order chi connectivity index (χ1) is 9.35. The highest BCUT2D eigenvalue weighted by Gasteiger charge is 2.13. The number of benzene rings is 1. The van der Waals surface area contributed by atoms with Crippen LogP contribution in [-0.4, -0.2) is 22.3 Å². The van der Waals surface area contributed by atoms with Gasteiger partial charge in [0.2, 0.25) is 11.8 Å². The van der Waals surface area contributed by atoms with Crippen LogP contribution in [0.25, 0.3) is 11.5 Å². The summed E-state index contributed by atoms with van der Waals surface area (Å²) in [4.78, 5) is 0. The molecule has 0 saturated heterocycles. The van der Waals surface area contributed by atoms with E-state index in [-0.39, 0.29) is 5.54 Å². The standard InChI is InChI=1S/C15H20BrN3O/c1-10-5-6-11(12(16)9-10)14-19-18-13(20-14)7-8-17-15(2,3)4/h5-6,9,17H,7-8H2,1-4H3. The van der Waals surface area contributed by atoms with Crippen molar-refractivity contribution in [2.75, 3.05) is 6.54 Å². The summed E-state index contributed by atoms with van der Waals surface area (Å²) in [5.41, 5.74) is 2.22. The number of rotatable bonds is 4. The molecule has 5 heteroatoms. The predicted molar refractivity (Wildman–Crippen MR) is 83.6 cm³/mol. The fourth-order valence-electron chi connectivity index (χ4n) is 1.80. The van der Waals surface area contributed by atoms with Crippen LogP contribution in [0.1, 0.15) is 32.2 Å². The predicted octanol–water partition coefficient (Wildman–Crippen LogP) is 3.74. The molecule has 4 nitrogen and oxygen atoms in total. The molecular formula is C15H20BrN3O. The van der Waals surface area contributed by atoms with E-state index in [0.717, 1.165) is 23.0 Å². The Morgan fingerprint density at radius 1 is 1.25 bits per heavy atom. The molecule has 2 aromatic rings. The van der Waals surface area contributed by atoms with Crippen LogP contribution in [0.4, 0.5) is 0 Å². The van der Waals surface area contributed by atoms with Crippen molar-refractivity contribution in [1.82, 2.24) is 15.5 Å². The van der Waals surface area contributed by atoms with E-state index in [9.17, 15) is 0 Å². The molecule has 0 radical (unpaired) electrons. The van der Waals surface area contributed by atoms with E-state index >= 15 is 0 Å². The molecule has 1 aromatic carbocycles. The molecule has 20 heavy (non-hydrogen) atoms. The van der Waals surface area contributed by atoms with Crippen LogP contribution in [0.15, 0.2) is 27.1 Å². The zero-order valence-corrected chi connectivity index (χ0v) is 13.9. The lowest BCUT2D eigenvalue weighted by molar-refractivity contribution is 0.412. The number of aromatic nitrogens is 2. The van der Waals surface area contributed by atoms with Crippen molar-refractivity contribution in [1.29, 1.82) is 0 Å². The summed E-state index contributed by atoms with van der Waals surface area (Å²) in [6.07, 6.45) is 0.730. The Balaban J connectivity index is 2.05. The van der Waals surface area contributed by atoms with Crippen LogP contribution in [0, 0.1) is 6.92 Å². The van der Waals surface area contributed by atoms with Crippen molar-refractivity contribution in [2.24, 2.45) is 0 Å². The van der Waals surface area contributed by atoms with Crippen LogP contribution < -0.4 is 5.32 Å². The summed E-state index contributed by atoms with van der Waals surface area (Å²) in [5.74, 6) is 1.21. The van der Waals surface area contributed by atoms with Gasteiger partial charge in [-0.25, -0.2) is 0 Å². The molecule has 1 N–H and O–H groups in total. The van der Waals surface area contributed by atoms with Gasteiger partial charge in [0.1, 0.15) is 0 Å². The number of nitrogens with one attached hydrogen (secondary N) is 1. The van der Waals surface area contributed by atoms with E-state index in [1.54, 1.807) is 0 Å².